The topological polar surface area (TPSA) is 71.7 Å². The maximum Gasteiger partial charge on any atom is 0.227 e. The van der Waals surface area contributed by atoms with Gasteiger partial charge in [-0.15, -0.1) is 11.3 Å². The second kappa shape index (κ2) is 12.1. The summed E-state index contributed by atoms with van der Waals surface area (Å²) in [7, 11) is 0. The van der Waals surface area contributed by atoms with Gasteiger partial charge < -0.3 is 20.3 Å². The van der Waals surface area contributed by atoms with E-state index in [0.717, 1.165) is 40.5 Å². The lowest BCUT2D eigenvalue weighted by atomic mass is 10.0. The number of carbonyl (C=O) groups excluding carboxylic acids is 1. The first-order valence-electron chi connectivity index (χ1n) is 12.7. The molecule has 0 bridgehead atoms. The molecular formula is C27H27Cl3F2N4O2S. The molecule has 2 atom stereocenters. The molecule has 1 amide bonds. The van der Waals surface area contributed by atoms with Crippen molar-refractivity contribution < 1.29 is 18.3 Å². The third-order valence-electron chi connectivity index (χ3n) is 6.97. The van der Waals surface area contributed by atoms with E-state index >= 15 is 0 Å². The highest BCUT2D eigenvalue weighted by atomic mass is 35.5. The Morgan fingerprint density at radius 1 is 1.18 bits per heavy atom. The number of hydrogen-bond donors (Lipinski definition) is 1. The van der Waals surface area contributed by atoms with Crippen molar-refractivity contribution in [2.45, 2.75) is 44.4 Å². The molecule has 1 aliphatic carbocycles. The average Bonchev–Trinajstić information content (AvgIpc) is 3.47. The number of thiazole rings is 1. The lowest BCUT2D eigenvalue weighted by Crippen LogP contribution is -2.41. The van der Waals surface area contributed by atoms with Crippen molar-refractivity contribution in [3.05, 3.63) is 73.7 Å². The summed E-state index contributed by atoms with van der Waals surface area (Å²) in [4.78, 5) is 22.9. The Bertz CT molecular complexity index is 1360. The highest BCUT2D eigenvalue weighted by Crippen LogP contribution is 2.35. The molecule has 0 spiro atoms. The van der Waals surface area contributed by atoms with Crippen molar-refractivity contribution in [1.82, 2.24) is 9.88 Å². The maximum absolute atomic E-state index is 14.3. The number of nitrogens with zero attached hydrogens (tertiary/aromatic N) is 3. The number of benzene rings is 2. The molecule has 0 radical (unpaired) electrons. The first kappa shape index (κ1) is 28.4. The number of ether oxygens (including phenoxy) is 1. The zero-order valence-corrected chi connectivity index (χ0v) is 24.0. The molecule has 1 aliphatic heterocycles. The Morgan fingerprint density at radius 2 is 1.97 bits per heavy atom. The summed E-state index contributed by atoms with van der Waals surface area (Å²) in [6, 6.07) is 7.86. The lowest BCUT2D eigenvalue weighted by molar-refractivity contribution is -0.136. The first-order chi connectivity index (χ1) is 18.7. The number of rotatable bonds is 10. The average molecular weight is 616 g/mol. The Kier molecular flexibility index (Phi) is 8.83. The molecule has 2 fully saturated rings. The third kappa shape index (κ3) is 6.43. The van der Waals surface area contributed by atoms with Gasteiger partial charge in [0.05, 0.1) is 27.5 Å². The predicted octanol–water partition coefficient (Wildman–Crippen LogP) is 6.35. The van der Waals surface area contributed by atoms with Gasteiger partial charge in [-0.1, -0.05) is 46.9 Å². The molecule has 1 saturated heterocycles. The molecule has 2 aromatic carbocycles. The second-order valence-electron chi connectivity index (χ2n) is 9.80. The Labute approximate surface area is 244 Å². The van der Waals surface area contributed by atoms with Crippen LogP contribution in [0.15, 0.2) is 36.5 Å². The van der Waals surface area contributed by atoms with Crippen molar-refractivity contribution >= 4 is 57.2 Å². The van der Waals surface area contributed by atoms with Crippen LogP contribution in [0.2, 0.25) is 15.1 Å². The standard InChI is InChI=1S/C27H27Cl3F2N4O2S/c28-20-3-1-2-15(23(20)30)13-36(17-4-5-17)26(37)16(11-33)10-19-12-34-27(39-19)35-9-8-18(14-35)38-25-22(31)7-6-21(29)24(25)32/h1-3,6-7,12,16-18H,4-5,8-11,13-14,33H2/t16-,18-/m1/s1. The van der Waals surface area contributed by atoms with E-state index in [-0.39, 0.29) is 23.5 Å². The van der Waals surface area contributed by atoms with Crippen LogP contribution in [0.4, 0.5) is 13.9 Å². The van der Waals surface area contributed by atoms with E-state index in [1.807, 2.05) is 21.9 Å². The molecule has 208 valence electrons. The molecule has 5 rings (SSSR count). The highest BCUT2D eigenvalue weighted by Gasteiger charge is 2.36. The van der Waals surface area contributed by atoms with Gasteiger partial charge in [-0.2, -0.15) is 0 Å². The van der Waals surface area contributed by atoms with Gasteiger partial charge in [-0.3, -0.25) is 4.79 Å². The van der Waals surface area contributed by atoms with Crippen LogP contribution < -0.4 is 15.4 Å². The normalized spacial score (nSPS) is 17.9. The van der Waals surface area contributed by atoms with Gasteiger partial charge in [-0.25, -0.2) is 13.8 Å². The molecule has 2 aliphatic rings. The van der Waals surface area contributed by atoms with Crippen LogP contribution >= 0.6 is 46.1 Å². The van der Waals surface area contributed by atoms with Gasteiger partial charge >= 0.3 is 0 Å². The summed E-state index contributed by atoms with van der Waals surface area (Å²) in [5.41, 5.74) is 6.88. The SMILES string of the molecule is NC[C@@H](Cc1cnc(N2CC[C@@H](Oc3c(F)ccc(Cl)c3F)C2)s1)C(=O)N(Cc1cccc(Cl)c1Cl)C1CC1. The van der Waals surface area contributed by atoms with Crippen LogP contribution in [0.25, 0.3) is 0 Å². The Balaban J connectivity index is 1.22. The quantitative estimate of drug-likeness (QED) is 0.269. The maximum atomic E-state index is 14.3. The highest BCUT2D eigenvalue weighted by molar-refractivity contribution is 7.15. The molecule has 12 heteroatoms. The van der Waals surface area contributed by atoms with E-state index in [9.17, 15) is 13.6 Å². The number of aromatic nitrogens is 1. The lowest BCUT2D eigenvalue weighted by Gasteiger charge is -2.27. The number of nitrogens with two attached hydrogens (primary N) is 1. The van der Waals surface area contributed by atoms with Crippen LogP contribution in [-0.4, -0.2) is 47.6 Å². The number of halogens is 5. The van der Waals surface area contributed by atoms with E-state index < -0.39 is 29.4 Å². The van der Waals surface area contributed by atoms with E-state index in [1.54, 1.807) is 12.3 Å². The van der Waals surface area contributed by atoms with Gasteiger partial charge in [-0.05, 0) is 43.0 Å². The van der Waals surface area contributed by atoms with Crippen LogP contribution in [0.3, 0.4) is 0 Å². The molecule has 1 saturated carbocycles. The van der Waals surface area contributed by atoms with Crippen molar-refractivity contribution in [3.8, 4) is 5.75 Å². The zero-order valence-electron chi connectivity index (χ0n) is 20.9. The summed E-state index contributed by atoms with van der Waals surface area (Å²) in [6.45, 7) is 1.63. The molecule has 39 heavy (non-hydrogen) atoms. The van der Waals surface area contributed by atoms with Gasteiger partial charge in [0.2, 0.25) is 5.91 Å². The summed E-state index contributed by atoms with van der Waals surface area (Å²) in [5, 5.41) is 1.49. The number of hydrogen-bond acceptors (Lipinski definition) is 6. The van der Waals surface area contributed by atoms with E-state index in [2.05, 4.69) is 4.98 Å². The van der Waals surface area contributed by atoms with Gasteiger partial charge in [0.15, 0.2) is 22.5 Å². The second-order valence-corrected chi connectivity index (χ2v) is 12.1. The van der Waals surface area contributed by atoms with Gasteiger partial charge in [0, 0.05) is 43.2 Å². The molecular weight excluding hydrogens is 589 g/mol. The van der Waals surface area contributed by atoms with E-state index in [1.165, 1.54) is 11.3 Å². The van der Waals surface area contributed by atoms with E-state index in [0.29, 0.717) is 42.5 Å². The number of anilines is 1. The van der Waals surface area contributed by atoms with Crippen LogP contribution in [-0.2, 0) is 17.8 Å². The van der Waals surface area contributed by atoms with Crippen LogP contribution in [0, 0.1) is 17.6 Å². The molecule has 6 nitrogen and oxygen atoms in total. The Morgan fingerprint density at radius 3 is 2.72 bits per heavy atom. The van der Waals surface area contributed by atoms with Crippen molar-refractivity contribution in [3.63, 3.8) is 0 Å². The van der Waals surface area contributed by atoms with Gasteiger partial charge in [0.1, 0.15) is 6.10 Å². The summed E-state index contributed by atoms with van der Waals surface area (Å²) >= 11 is 19.8. The minimum atomic E-state index is -0.901. The zero-order chi connectivity index (χ0) is 27.7. The Hall–Kier alpha value is -2.17. The van der Waals surface area contributed by atoms with E-state index in [4.69, 9.17) is 45.3 Å². The fraction of sp³-hybridized carbons (Fsp3) is 0.407. The minimum absolute atomic E-state index is 0.00814. The summed E-state index contributed by atoms with van der Waals surface area (Å²) in [6.07, 6.45) is 4.29. The number of amides is 1. The monoisotopic (exact) mass is 614 g/mol. The summed E-state index contributed by atoms with van der Waals surface area (Å²) in [5.74, 6) is -2.56. The molecule has 2 N–H and O–H groups in total. The molecule has 0 unspecified atom stereocenters. The molecule has 2 heterocycles. The molecule has 3 aromatic rings. The first-order valence-corrected chi connectivity index (χ1v) is 14.6. The van der Waals surface area contributed by atoms with Gasteiger partial charge in [0.25, 0.3) is 0 Å². The fourth-order valence-corrected chi connectivity index (χ4v) is 6.25. The molecule has 1 aromatic heterocycles. The van der Waals surface area contributed by atoms with Crippen molar-refractivity contribution in [2.75, 3.05) is 24.5 Å². The number of carbonyl (C=O) groups is 1. The van der Waals surface area contributed by atoms with Crippen LogP contribution in [0.1, 0.15) is 29.7 Å². The van der Waals surface area contributed by atoms with Crippen molar-refractivity contribution in [1.29, 1.82) is 0 Å². The van der Waals surface area contributed by atoms with Crippen LogP contribution in [0.5, 0.6) is 5.75 Å². The minimum Gasteiger partial charge on any atom is -0.482 e. The fourth-order valence-electron chi connectivity index (χ4n) is 4.70. The largest absolute Gasteiger partial charge is 0.482 e. The smallest absolute Gasteiger partial charge is 0.227 e. The van der Waals surface area contributed by atoms with Crippen molar-refractivity contribution in [2.24, 2.45) is 11.7 Å². The summed E-state index contributed by atoms with van der Waals surface area (Å²) < 4.78 is 34.0. The predicted molar refractivity (Wildman–Crippen MR) is 151 cm³/mol. The third-order valence-corrected chi connectivity index (χ3v) is 9.20.